The fourth-order valence-electron chi connectivity index (χ4n) is 2.06. The molecule has 1 fully saturated rings. The Kier molecular flexibility index (Phi) is 4.73. The highest BCUT2D eigenvalue weighted by Crippen LogP contribution is 2.26. The van der Waals surface area contributed by atoms with Crippen LogP contribution in [0.5, 0.6) is 0 Å². The lowest BCUT2D eigenvalue weighted by molar-refractivity contribution is 0.160. The molecule has 1 saturated carbocycles. The minimum atomic E-state index is -0.313. The third kappa shape index (κ3) is 3.54. The molecule has 0 radical (unpaired) electrons. The summed E-state index contributed by atoms with van der Waals surface area (Å²) in [4.78, 5) is 10.9. The number of nitrogens with one attached hydrogen (secondary N) is 1. The SMILES string of the molecule is COC(=O)NC1CCC(CCN)CC1. The summed E-state index contributed by atoms with van der Waals surface area (Å²) < 4.78 is 4.56. The van der Waals surface area contributed by atoms with Crippen LogP contribution in [0.1, 0.15) is 32.1 Å². The Morgan fingerprint density at radius 3 is 2.57 bits per heavy atom. The van der Waals surface area contributed by atoms with Gasteiger partial charge >= 0.3 is 6.09 Å². The van der Waals surface area contributed by atoms with Crippen LogP contribution in [0.15, 0.2) is 0 Å². The van der Waals surface area contributed by atoms with E-state index in [0.717, 1.165) is 31.7 Å². The molecule has 0 aromatic carbocycles. The summed E-state index contributed by atoms with van der Waals surface area (Å²) in [7, 11) is 1.40. The molecular weight excluding hydrogens is 180 g/mol. The van der Waals surface area contributed by atoms with Gasteiger partial charge in [-0.05, 0) is 44.6 Å². The smallest absolute Gasteiger partial charge is 0.407 e. The second-order valence-corrected chi connectivity index (χ2v) is 3.93. The highest BCUT2D eigenvalue weighted by molar-refractivity contribution is 5.67. The maximum atomic E-state index is 10.9. The number of amides is 1. The van der Waals surface area contributed by atoms with Crippen molar-refractivity contribution in [3.63, 3.8) is 0 Å². The maximum absolute atomic E-state index is 10.9. The molecule has 3 N–H and O–H groups in total. The number of nitrogens with two attached hydrogens (primary N) is 1. The van der Waals surface area contributed by atoms with E-state index in [0.29, 0.717) is 6.04 Å². The molecule has 1 aliphatic rings. The van der Waals surface area contributed by atoms with E-state index in [2.05, 4.69) is 10.1 Å². The topological polar surface area (TPSA) is 64.3 Å². The van der Waals surface area contributed by atoms with E-state index >= 15 is 0 Å². The van der Waals surface area contributed by atoms with Gasteiger partial charge in [-0.3, -0.25) is 0 Å². The van der Waals surface area contributed by atoms with Crippen LogP contribution in [-0.4, -0.2) is 25.8 Å². The van der Waals surface area contributed by atoms with E-state index < -0.39 is 0 Å². The number of carbonyl (C=O) groups excluding carboxylic acids is 1. The van der Waals surface area contributed by atoms with Gasteiger partial charge in [0.15, 0.2) is 0 Å². The normalized spacial score (nSPS) is 27.0. The first-order valence-corrected chi connectivity index (χ1v) is 5.30. The van der Waals surface area contributed by atoms with E-state index in [4.69, 9.17) is 5.73 Å². The van der Waals surface area contributed by atoms with Gasteiger partial charge in [0, 0.05) is 6.04 Å². The lowest BCUT2D eigenvalue weighted by atomic mass is 9.84. The molecule has 0 aromatic rings. The van der Waals surface area contributed by atoms with Crippen molar-refractivity contribution in [1.29, 1.82) is 0 Å². The number of methoxy groups -OCH3 is 1. The van der Waals surface area contributed by atoms with E-state index in [-0.39, 0.29) is 6.09 Å². The number of alkyl carbamates (subject to hydrolysis) is 1. The molecule has 0 atom stereocenters. The van der Waals surface area contributed by atoms with Gasteiger partial charge in [-0.2, -0.15) is 0 Å². The van der Waals surface area contributed by atoms with Crippen LogP contribution in [0, 0.1) is 5.92 Å². The van der Waals surface area contributed by atoms with E-state index in [9.17, 15) is 4.79 Å². The maximum Gasteiger partial charge on any atom is 0.407 e. The molecule has 14 heavy (non-hydrogen) atoms. The van der Waals surface area contributed by atoms with Crippen LogP contribution in [0.25, 0.3) is 0 Å². The molecule has 0 aromatic heterocycles. The van der Waals surface area contributed by atoms with Crippen LogP contribution in [0.3, 0.4) is 0 Å². The average Bonchev–Trinajstić information content (AvgIpc) is 2.21. The van der Waals surface area contributed by atoms with Crippen LogP contribution >= 0.6 is 0 Å². The molecule has 1 aliphatic carbocycles. The lowest BCUT2D eigenvalue weighted by Gasteiger charge is -2.28. The Hall–Kier alpha value is -0.770. The highest BCUT2D eigenvalue weighted by Gasteiger charge is 2.21. The average molecular weight is 200 g/mol. The van der Waals surface area contributed by atoms with Gasteiger partial charge in [0.1, 0.15) is 0 Å². The van der Waals surface area contributed by atoms with Crippen molar-refractivity contribution in [1.82, 2.24) is 5.32 Å². The van der Waals surface area contributed by atoms with Gasteiger partial charge in [-0.25, -0.2) is 4.79 Å². The number of hydrogen-bond acceptors (Lipinski definition) is 3. The number of carbonyl (C=O) groups is 1. The standard InChI is InChI=1S/C10H20N2O2/c1-14-10(13)12-9-4-2-8(3-5-9)6-7-11/h8-9H,2-7,11H2,1H3,(H,12,13). The predicted molar refractivity (Wildman–Crippen MR) is 55.0 cm³/mol. The molecule has 0 saturated heterocycles. The van der Waals surface area contributed by atoms with Crippen molar-refractivity contribution >= 4 is 6.09 Å². The van der Waals surface area contributed by atoms with E-state index in [1.807, 2.05) is 0 Å². The Labute approximate surface area is 85.2 Å². The minimum absolute atomic E-state index is 0.302. The third-order valence-corrected chi connectivity index (χ3v) is 2.93. The van der Waals surface area contributed by atoms with Crippen molar-refractivity contribution in [2.24, 2.45) is 11.7 Å². The van der Waals surface area contributed by atoms with E-state index in [1.165, 1.54) is 20.0 Å². The molecule has 1 rings (SSSR count). The summed E-state index contributed by atoms with van der Waals surface area (Å²) in [5.74, 6) is 0.760. The van der Waals surface area contributed by atoms with Gasteiger partial charge in [0.2, 0.25) is 0 Å². The molecule has 0 aliphatic heterocycles. The van der Waals surface area contributed by atoms with E-state index in [1.54, 1.807) is 0 Å². The molecule has 0 unspecified atom stereocenters. The van der Waals surface area contributed by atoms with Gasteiger partial charge in [-0.1, -0.05) is 0 Å². The molecule has 1 amide bonds. The molecular formula is C10H20N2O2. The fraction of sp³-hybridized carbons (Fsp3) is 0.900. The second-order valence-electron chi connectivity index (χ2n) is 3.93. The van der Waals surface area contributed by atoms with Crippen LogP contribution in [0.4, 0.5) is 4.79 Å². The number of rotatable bonds is 3. The third-order valence-electron chi connectivity index (χ3n) is 2.93. The number of ether oxygens (including phenoxy) is 1. The van der Waals surface area contributed by atoms with Crippen LogP contribution in [-0.2, 0) is 4.74 Å². The summed E-state index contributed by atoms with van der Waals surface area (Å²) in [6.45, 7) is 0.778. The zero-order valence-electron chi connectivity index (χ0n) is 8.79. The summed E-state index contributed by atoms with van der Waals surface area (Å²) in [5, 5.41) is 2.84. The zero-order valence-corrected chi connectivity index (χ0v) is 8.79. The van der Waals surface area contributed by atoms with Crippen molar-refractivity contribution in [3.8, 4) is 0 Å². The van der Waals surface area contributed by atoms with Crippen molar-refractivity contribution in [2.45, 2.75) is 38.1 Å². The largest absolute Gasteiger partial charge is 0.453 e. The predicted octanol–water partition coefficient (Wildman–Crippen LogP) is 1.25. The summed E-state index contributed by atoms with van der Waals surface area (Å²) >= 11 is 0. The molecule has 0 heterocycles. The fourth-order valence-corrected chi connectivity index (χ4v) is 2.06. The monoisotopic (exact) mass is 200 g/mol. The van der Waals surface area contributed by atoms with Gasteiger partial charge in [0.05, 0.1) is 7.11 Å². The molecule has 4 heteroatoms. The molecule has 0 bridgehead atoms. The highest BCUT2D eigenvalue weighted by atomic mass is 16.5. The van der Waals surface area contributed by atoms with Crippen molar-refractivity contribution in [3.05, 3.63) is 0 Å². The molecule has 4 nitrogen and oxygen atoms in total. The van der Waals surface area contributed by atoms with Gasteiger partial charge in [0.25, 0.3) is 0 Å². The van der Waals surface area contributed by atoms with Crippen LogP contribution < -0.4 is 11.1 Å². The second kappa shape index (κ2) is 5.86. The van der Waals surface area contributed by atoms with Crippen molar-refractivity contribution in [2.75, 3.05) is 13.7 Å². The summed E-state index contributed by atoms with van der Waals surface area (Å²) in [6.07, 6.45) is 5.26. The summed E-state index contributed by atoms with van der Waals surface area (Å²) in [6, 6.07) is 0.302. The Bertz CT molecular complexity index is 177. The summed E-state index contributed by atoms with van der Waals surface area (Å²) in [5.41, 5.74) is 5.51. The van der Waals surface area contributed by atoms with Gasteiger partial charge < -0.3 is 15.8 Å². The minimum Gasteiger partial charge on any atom is -0.453 e. The van der Waals surface area contributed by atoms with Crippen LogP contribution in [0.2, 0.25) is 0 Å². The molecule has 82 valence electrons. The van der Waals surface area contributed by atoms with Gasteiger partial charge in [-0.15, -0.1) is 0 Å². The Morgan fingerprint density at radius 2 is 2.07 bits per heavy atom. The number of hydrogen-bond donors (Lipinski definition) is 2. The first kappa shape index (κ1) is 11.3. The molecule has 0 spiro atoms. The first-order chi connectivity index (χ1) is 6.76. The Balaban J connectivity index is 2.18. The Morgan fingerprint density at radius 1 is 1.43 bits per heavy atom. The lowest BCUT2D eigenvalue weighted by Crippen LogP contribution is -2.37. The quantitative estimate of drug-likeness (QED) is 0.720. The first-order valence-electron chi connectivity index (χ1n) is 5.30. The zero-order chi connectivity index (χ0) is 10.4. The van der Waals surface area contributed by atoms with Crippen molar-refractivity contribution < 1.29 is 9.53 Å².